The number of carbonyl (C=O) groups is 1. The van der Waals surface area contributed by atoms with Gasteiger partial charge >= 0.3 is 0 Å². The maximum Gasteiger partial charge on any atom is 0.159 e. The lowest BCUT2D eigenvalue weighted by Crippen LogP contribution is -2.12. The zero-order chi connectivity index (χ0) is 24.3. The molecule has 0 bridgehead atoms. The average Bonchev–Trinajstić information content (AvgIpc) is 2.82. The summed E-state index contributed by atoms with van der Waals surface area (Å²) in [5, 5.41) is 4.10. The second-order valence-electron chi connectivity index (χ2n) is 7.90. The highest BCUT2D eigenvalue weighted by molar-refractivity contribution is 5.96. The molecule has 34 heavy (non-hydrogen) atoms. The lowest BCUT2D eigenvalue weighted by molar-refractivity contribution is -0.114. The number of nitrogens with one attached hydrogen (secondary N) is 1. The Bertz CT molecular complexity index is 1200. The van der Waals surface area contributed by atoms with Crippen molar-refractivity contribution in [1.82, 2.24) is 14.9 Å². The van der Waals surface area contributed by atoms with Gasteiger partial charge in [0.25, 0.3) is 0 Å². The number of terminal acetylenes is 1. The molecule has 0 spiro atoms. The van der Waals surface area contributed by atoms with Gasteiger partial charge in [0.15, 0.2) is 5.78 Å². The van der Waals surface area contributed by atoms with Crippen LogP contribution in [-0.4, -0.2) is 61.1 Å². The summed E-state index contributed by atoms with van der Waals surface area (Å²) >= 11 is 0. The maximum atomic E-state index is 12.7. The minimum absolute atomic E-state index is 0.0102. The van der Waals surface area contributed by atoms with E-state index in [0.29, 0.717) is 43.4 Å². The molecule has 1 aromatic heterocycles. The number of ether oxygens (including phenoxy) is 2. The van der Waals surface area contributed by atoms with Gasteiger partial charge in [-0.3, -0.25) is 4.79 Å². The van der Waals surface area contributed by atoms with Crippen LogP contribution in [0, 0.1) is 12.3 Å². The number of nitrogens with zero attached hydrogens (tertiary/aromatic N) is 3. The predicted molar refractivity (Wildman–Crippen MR) is 136 cm³/mol. The highest BCUT2D eigenvalue weighted by atomic mass is 16.5. The number of anilines is 2. The van der Waals surface area contributed by atoms with E-state index in [-0.39, 0.29) is 12.2 Å². The number of hydrogen-bond donors (Lipinski definition) is 1. The first-order valence-electron chi connectivity index (χ1n) is 11.2. The lowest BCUT2D eigenvalue weighted by Gasteiger charge is -2.14. The first-order chi connectivity index (χ1) is 16.5. The number of rotatable bonds is 12. The van der Waals surface area contributed by atoms with Crippen molar-refractivity contribution >= 4 is 28.2 Å². The number of carbonyl (C=O) groups excluding carboxylic acids is 1. The van der Waals surface area contributed by atoms with E-state index in [1.807, 2.05) is 68.4 Å². The monoisotopic (exact) mass is 458 g/mol. The number of likely N-dealkylation sites (N-methyl/N-ethyl adjacent to an activating group) is 1. The zero-order valence-corrected chi connectivity index (χ0v) is 19.9. The Morgan fingerprint density at radius 2 is 2.06 bits per heavy atom. The van der Waals surface area contributed by atoms with Crippen LogP contribution in [0.2, 0.25) is 0 Å². The number of hydrogen-bond acceptors (Lipinski definition) is 7. The third-order valence-corrected chi connectivity index (χ3v) is 4.94. The first kappa shape index (κ1) is 24.9. The molecular weight excluding hydrogens is 428 g/mol. The summed E-state index contributed by atoms with van der Waals surface area (Å²) in [5.74, 6) is 3.86. The smallest absolute Gasteiger partial charge is 0.159 e. The quantitative estimate of drug-likeness (QED) is 0.250. The summed E-state index contributed by atoms with van der Waals surface area (Å²) in [6.07, 6.45) is 10.7. The van der Waals surface area contributed by atoms with Crippen LogP contribution < -0.4 is 10.1 Å². The standard InChI is InChI=1S/C27H30N4O3/c1-5-20-9-7-10-22(15-20)30-27-24-17-21(16-23(32)11-8-12-31(3)4)26(34-14-13-33-6-2)18-25(24)28-19-29-27/h1,7-11,15,17-19H,6,12-14,16H2,2-4H3,(H,28,29,30)/b11-8+. The van der Waals surface area contributed by atoms with Gasteiger partial charge in [-0.25, -0.2) is 9.97 Å². The van der Waals surface area contributed by atoms with E-state index in [9.17, 15) is 4.79 Å². The molecule has 7 heteroatoms. The van der Waals surface area contributed by atoms with Crippen LogP contribution in [0.4, 0.5) is 11.5 Å². The fraction of sp³-hybridized carbons (Fsp3) is 0.296. The van der Waals surface area contributed by atoms with E-state index in [2.05, 4.69) is 21.2 Å². The Labute approximate surface area is 200 Å². The predicted octanol–water partition coefficient (Wildman–Crippen LogP) is 4.00. The molecule has 0 aliphatic carbocycles. The molecule has 0 atom stereocenters. The molecule has 2 aromatic carbocycles. The van der Waals surface area contributed by atoms with Gasteiger partial charge in [0, 0.05) is 47.8 Å². The number of aromatic nitrogens is 2. The van der Waals surface area contributed by atoms with Crippen LogP contribution in [0.3, 0.4) is 0 Å². The minimum Gasteiger partial charge on any atom is -0.491 e. The summed E-state index contributed by atoms with van der Waals surface area (Å²) in [6.45, 7) is 4.09. The molecule has 1 N–H and O–H groups in total. The number of ketones is 1. The Balaban J connectivity index is 1.94. The van der Waals surface area contributed by atoms with E-state index < -0.39 is 0 Å². The van der Waals surface area contributed by atoms with E-state index in [1.54, 1.807) is 6.08 Å². The van der Waals surface area contributed by atoms with E-state index in [1.165, 1.54) is 6.33 Å². The number of fused-ring (bicyclic) bond motifs is 1. The van der Waals surface area contributed by atoms with Crippen molar-refractivity contribution in [2.24, 2.45) is 0 Å². The molecule has 0 fully saturated rings. The van der Waals surface area contributed by atoms with Gasteiger partial charge in [0.1, 0.15) is 24.5 Å². The van der Waals surface area contributed by atoms with Crippen LogP contribution in [0.1, 0.15) is 18.1 Å². The molecule has 0 saturated carbocycles. The third-order valence-electron chi connectivity index (χ3n) is 4.94. The molecule has 0 amide bonds. The molecule has 7 nitrogen and oxygen atoms in total. The number of allylic oxidation sites excluding steroid dienone is 1. The van der Waals surface area contributed by atoms with Gasteiger partial charge < -0.3 is 19.7 Å². The topological polar surface area (TPSA) is 76.6 Å². The maximum absolute atomic E-state index is 12.7. The SMILES string of the molecule is C#Cc1cccc(Nc2ncnc3cc(OCCOCC)c(CC(=O)/C=C/CN(C)C)cc23)c1. The average molecular weight is 459 g/mol. The van der Waals surface area contributed by atoms with Crippen molar-refractivity contribution in [2.75, 3.05) is 45.8 Å². The second kappa shape index (κ2) is 12.5. The van der Waals surface area contributed by atoms with Crippen molar-refractivity contribution < 1.29 is 14.3 Å². The molecule has 0 unspecified atom stereocenters. The Kier molecular flexibility index (Phi) is 9.15. The third kappa shape index (κ3) is 7.14. The highest BCUT2D eigenvalue weighted by Crippen LogP contribution is 2.30. The van der Waals surface area contributed by atoms with Gasteiger partial charge in [-0.05, 0) is 51.4 Å². The van der Waals surface area contributed by atoms with Crippen molar-refractivity contribution in [3.63, 3.8) is 0 Å². The molecule has 1 heterocycles. The fourth-order valence-electron chi connectivity index (χ4n) is 3.32. The Morgan fingerprint density at radius 1 is 1.21 bits per heavy atom. The zero-order valence-electron chi connectivity index (χ0n) is 19.9. The summed E-state index contributed by atoms with van der Waals surface area (Å²) in [6, 6.07) is 11.3. The van der Waals surface area contributed by atoms with Crippen molar-refractivity contribution in [3.05, 3.63) is 66.0 Å². The normalized spacial score (nSPS) is 11.1. The molecule has 0 saturated heterocycles. The second-order valence-corrected chi connectivity index (χ2v) is 7.90. The van der Waals surface area contributed by atoms with Gasteiger partial charge in [0.05, 0.1) is 12.1 Å². The molecule has 0 aliphatic rings. The van der Waals surface area contributed by atoms with Crippen molar-refractivity contribution in [3.8, 4) is 18.1 Å². The minimum atomic E-state index is -0.0102. The van der Waals surface area contributed by atoms with Crippen LogP contribution in [0.25, 0.3) is 10.9 Å². The van der Waals surface area contributed by atoms with Crippen molar-refractivity contribution in [1.29, 1.82) is 0 Å². The fourth-order valence-corrected chi connectivity index (χ4v) is 3.32. The number of benzene rings is 2. The molecule has 0 radical (unpaired) electrons. The van der Waals surface area contributed by atoms with Crippen LogP contribution >= 0.6 is 0 Å². The summed E-state index contributed by atoms with van der Waals surface area (Å²) < 4.78 is 11.4. The van der Waals surface area contributed by atoms with Crippen LogP contribution in [0.15, 0.2) is 54.9 Å². The summed E-state index contributed by atoms with van der Waals surface area (Å²) in [5.41, 5.74) is 3.05. The van der Waals surface area contributed by atoms with Gasteiger partial charge in [-0.15, -0.1) is 6.42 Å². The Morgan fingerprint density at radius 3 is 2.82 bits per heavy atom. The molecular formula is C27H30N4O3. The summed E-state index contributed by atoms with van der Waals surface area (Å²) in [7, 11) is 3.91. The molecule has 3 aromatic rings. The van der Waals surface area contributed by atoms with Gasteiger partial charge in [-0.2, -0.15) is 0 Å². The van der Waals surface area contributed by atoms with E-state index in [4.69, 9.17) is 15.9 Å². The summed E-state index contributed by atoms with van der Waals surface area (Å²) in [4.78, 5) is 23.5. The molecule has 176 valence electrons. The largest absolute Gasteiger partial charge is 0.491 e. The van der Waals surface area contributed by atoms with Gasteiger partial charge in [-0.1, -0.05) is 18.1 Å². The lowest BCUT2D eigenvalue weighted by atomic mass is 10.0. The van der Waals surface area contributed by atoms with E-state index >= 15 is 0 Å². The van der Waals surface area contributed by atoms with Crippen LogP contribution in [0.5, 0.6) is 5.75 Å². The Hall–Kier alpha value is -3.73. The van der Waals surface area contributed by atoms with Crippen LogP contribution in [-0.2, 0) is 16.0 Å². The first-order valence-corrected chi connectivity index (χ1v) is 11.2. The highest BCUT2D eigenvalue weighted by Gasteiger charge is 2.14. The van der Waals surface area contributed by atoms with Crippen molar-refractivity contribution in [2.45, 2.75) is 13.3 Å². The molecule has 3 rings (SSSR count). The van der Waals surface area contributed by atoms with Gasteiger partial charge in [0.2, 0.25) is 0 Å². The molecule has 0 aliphatic heterocycles. The van der Waals surface area contributed by atoms with E-state index in [0.717, 1.165) is 22.2 Å².